The number of anilines is 1. The second kappa shape index (κ2) is 4.07. The number of fused-ring (bicyclic) bond motifs is 1. The molecule has 4 nitrogen and oxygen atoms in total. The molecule has 0 atom stereocenters. The monoisotopic (exact) mass is 236 g/mol. The minimum absolute atomic E-state index is 0.522. The maximum Gasteiger partial charge on any atom is 0.123 e. The number of pyridine rings is 1. The Kier molecular flexibility index (Phi) is 2.41. The first-order chi connectivity index (χ1) is 8.74. The van der Waals surface area contributed by atoms with E-state index in [2.05, 4.69) is 21.0 Å². The lowest BCUT2D eigenvalue weighted by Gasteiger charge is -2.05. The Bertz CT molecular complexity index is 722. The summed E-state index contributed by atoms with van der Waals surface area (Å²) in [7, 11) is 0. The summed E-state index contributed by atoms with van der Waals surface area (Å²) >= 11 is 0. The SMILES string of the molecule is Cc1ncnc2ccc(-c3ccnc(N)c3)cc12. The fraction of sp³-hybridized carbons (Fsp3) is 0.0714. The lowest BCUT2D eigenvalue weighted by molar-refractivity contribution is 1.15. The molecule has 0 saturated heterocycles. The Morgan fingerprint density at radius 3 is 2.61 bits per heavy atom. The van der Waals surface area contributed by atoms with Gasteiger partial charge in [0.2, 0.25) is 0 Å². The topological polar surface area (TPSA) is 64.7 Å². The number of nitrogens with two attached hydrogens (primary N) is 1. The van der Waals surface area contributed by atoms with Gasteiger partial charge >= 0.3 is 0 Å². The highest BCUT2D eigenvalue weighted by atomic mass is 14.8. The van der Waals surface area contributed by atoms with Gasteiger partial charge in [-0.3, -0.25) is 0 Å². The first-order valence-corrected chi connectivity index (χ1v) is 5.67. The summed E-state index contributed by atoms with van der Waals surface area (Å²) < 4.78 is 0. The predicted molar refractivity (Wildman–Crippen MR) is 71.9 cm³/mol. The summed E-state index contributed by atoms with van der Waals surface area (Å²) in [5, 5.41) is 1.06. The zero-order chi connectivity index (χ0) is 12.5. The Balaban J connectivity index is 2.22. The number of nitrogen functional groups attached to an aromatic ring is 1. The maximum atomic E-state index is 5.70. The van der Waals surface area contributed by atoms with Gasteiger partial charge in [0, 0.05) is 17.3 Å². The molecule has 88 valence electrons. The highest BCUT2D eigenvalue weighted by Gasteiger charge is 2.03. The molecular formula is C14H12N4. The normalized spacial score (nSPS) is 10.7. The lowest BCUT2D eigenvalue weighted by atomic mass is 10.0. The first kappa shape index (κ1) is 10.7. The summed E-state index contributed by atoms with van der Waals surface area (Å²) in [5.74, 6) is 0.522. The predicted octanol–water partition coefficient (Wildman–Crippen LogP) is 2.58. The molecular weight excluding hydrogens is 224 g/mol. The van der Waals surface area contributed by atoms with E-state index in [0.717, 1.165) is 27.7 Å². The molecule has 2 aromatic heterocycles. The second-order valence-corrected chi connectivity index (χ2v) is 4.16. The average molecular weight is 236 g/mol. The van der Waals surface area contributed by atoms with E-state index in [0.29, 0.717) is 5.82 Å². The molecule has 1 aromatic carbocycles. The molecule has 0 radical (unpaired) electrons. The number of rotatable bonds is 1. The van der Waals surface area contributed by atoms with Crippen LogP contribution in [0.25, 0.3) is 22.0 Å². The summed E-state index contributed by atoms with van der Waals surface area (Å²) in [6, 6.07) is 9.91. The Labute approximate surface area is 105 Å². The van der Waals surface area contributed by atoms with Crippen LogP contribution in [0, 0.1) is 6.92 Å². The minimum Gasteiger partial charge on any atom is -0.384 e. The van der Waals surface area contributed by atoms with Gasteiger partial charge in [-0.15, -0.1) is 0 Å². The first-order valence-electron chi connectivity index (χ1n) is 5.67. The van der Waals surface area contributed by atoms with Gasteiger partial charge < -0.3 is 5.73 Å². The smallest absolute Gasteiger partial charge is 0.123 e. The Hall–Kier alpha value is -2.49. The molecule has 0 aliphatic carbocycles. The number of hydrogen-bond acceptors (Lipinski definition) is 4. The van der Waals surface area contributed by atoms with Crippen LogP contribution in [-0.4, -0.2) is 15.0 Å². The molecule has 3 rings (SSSR count). The molecule has 0 aliphatic heterocycles. The molecule has 0 aliphatic rings. The third-order valence-electron chi connectivity index (χ3n) is 2.95. The van der Waals surface area contributed by atoms with E-state index < -0.39 is 0 Å². The van der Waals surface area contributed by atoms with Crippen LogP contribution in [-0.2, 0) is 0 Å². The van der Waals surface area contributed by atoms with Crippen LogP contribution in [0.15, 0.2) is 42.9 Å². The van der Waals surface area contributed by atoms with Crippen molar-refractivity contribution in [1.82, 2.24) is 15.0 Å². The van der Waals surface area contributed by atoms with Gasteiger partial charge in [0.05, 0.1) is 5.52 Å². The molecule has 2 heterocycles. The van der Waals surface area contributed by atoms with Crippen molar-refractivity contribution in [2.24, 2.45) is 0 Å². The number of aryl methyl sites for hydroxylation is 1. The van der Waals surface area contributed by atoms with Crippen molar-refractivity contribution in [3.63, 3.8) is 0 Å². The lowest BCUT2D eigenvalue weighted by Crippen LogP contribution is -1.91. The molecule has 0 bridgehead atoms. The van der Waals surface area contributed by atoms with Gasteiger partial charge in [-0.25, -0.2) is 15.0 Å². The van der Waals surface area contributed by atoms with Crippen LogP contribution in [0.5, 0.6) is 0 Å². The fourth-order valence-corrected chi connectivity index (χ4v) is 1.99. The van der Waals surface area contributed by atoms with Crippen LogP contribution in [0.4, 0.5) is 5.82 Å². The third-order valence-corrected chi connectivity index (χ3v) is 2.95. The van der Waals surface area contributed by atoms with E-state index in [-0.39, 0.29) is 0 Å². The molecule has 18 heavy (non-hydrogen) atoms. The molecule has 0 amide bonds. The van der Waals surface area contributed by atoms with Crippen LogP contribution >= 0.6 is 0 Å². The molecule has 0 saturated carbocycles. The number of hydrogen-bond donors (Lipinski definition) is 1. The minimum atomic E-state index is 0.522. The van der Waals surface area contributed by atoms with Gasteiger partial charge in [-0.1, -0.05) is 6.07 Å². The van der Waals surface area contributed by atoms with E-state index in [1.54, 1.807) is 12.5 Å². The van der Waals surface area contributed by atoms with E-state index >= 15 is 0 Å². The van der Waals surface area contributed by atoms with Crippen LogP contribution in [0.3, 0.4) is 0 Å². The quantitative estimate of drug-likeness (QED) is 0.705. The van der Waals surface area contributed by atoms with Gasteiger partial charge in [-0.2, -0.15) is 0 Å². The zero-order valence-corrected chi connectivity index (χ0v) is 9.96. The number of nitrogens with zero attached hydrogens (tertiary/aromatic N) is 3. The summed E-state index contributed by atoms with van der Waals surface area (Å²) in [6.45, 7) is 1.98. The zero-order valence-electron chi connectivity index (χ0n) is 9.96. The van der Waals surface area contributed by atoms with Crippen LogP contribution in [0.1, 0.15) is 5.69 Å². The molecule has 0 unspecified atom stereocenters. The third kappa shape index (κ3) is 1.78. The van der Waals surface area contributed by atoms with Crippen molar-refractivity contribution in [2.75, 3.05) is 5.73 Å². The summed E-state index contributed by atoms with van der Waals surface area (Å²) in [6.07, 6.45) is 3.30. The largest absolute Gasteiger partial charge is 0.384 e. The molecule has 0 spiro atoms. The standard InChI is InChI=1S/C14H12N4/c1-9-12-6-10(2-3-13(12)18-8-17-9)11-4-5-16-14(15)7-11/h2-8H,1H3,(H2,15,16). The summed E-state index contributed by atoms with van der Waals surface area (Å²) in [5.41, 5.74) is 9.77. The van der Waals surface area contributed by atoms with E-state index in [9.17, 15) is 0 Å². The second-order valence-electron chi connectivity index (χ2n) is 4.16. The fourth-order valence-electron chi connectivity index (χ4n) is 1.99. The molecule has 3 aromatic rings. The number of benzene rings is 1. The van der Waals surface area contributed by atoms with E-state index in [4.69, 9.17) is 5.73 Å². The van der Waals surface area contributed by atoms with Crippen molar-refractivity contribution in [2.45, 2.75) is 6.92 Å². The van der Waals surface area contributed by atoms with Crippen molar-refractivity contribution >= 4 is 16.7 Å². The highest BCUT2D eigenvalue weighted by molar-refractivity contribution is 5.86. The average Bonchev–Trinajstić information content (AvgIpc) is 2.39. The van der Waals surface area contributed by atoms with Gasteiger partial charge in [-0.05, 0) is 42.3 Å². The Morgan fingerprint density at radius 1 is 0.944 bits per heavy atom. The van der Waals surface area contributed by atoms with Crippen molar-refractivity contribution in [3.05, 3.63) is 48.5 Å². The van der Waals surface area contributed by atoms with Gasteiger partial charge in [0.25, 0.3) is 0 Å². The van der Waals surface area contributed by atoms with E-state index in [1.807, 2.05) is 31.2 Å². The Morgan fingerprint density at radius 2 is 1.78 bits per heavy atom. The highest BCUT2D eigenvalue weighted by Crippen LogP contribution is 2.25. The maximum absolute atomic E-state index is 5.70. The molecule has 0 fully saturated rings. The van der Waals surface area contributed by atoms with Gasteiger partial charge in [0.15, 0.2) is 0 Å². The van der Waals surface area contributed by atoms with Crippen molar-refractivity contribution in [3.8, 4) is 11.1 Å². The van der Waals surface area contributed by atoms with Crippen LogP contribution in [0.2, 0.25) is 0 Å². The van der Waals surface area contributed by atoms with Crippen molar-refractivity contribution < 1.29 is 0 Å². The van der Waals surface area contributed by atoms with E-state index in [1.165, 1.54) is 0 Å². The number of aromatic nitrogens is 3. The molecule has 4 heteroatoms. The summed E-state index contributed by atoms with van der Waals surface area (Å²) in [4.78, 5) is 12.5. The molecule has 2 N–H and O–H groups in total. The van der Waals surface area contributed by atoms with Gasteiger partial charge in [0.1, 0.15) is 12.1 Å². The van der Waals surface area contributed by atoms with Crippen LogP contribution < -0.4 is 5.73 Å². The van der Waals surface area contributed by atoms with Crippen molar-refractivity contribution in [1.29, 1.82) is 0 Å².